The van der Waals surface area contributed by atoms with Gasteiger partial charge in [-0.1, -0.05) is 6.07 Å². The molecule has 0 radical (unpaired) electrons. The molecule has 1 unspecified atom stereocenters. The maximum Gasteiger partial charge on any atom is 0.257 e. The molecule has 0 aromatic heterocycles. The van der Waals surface area contributed by atoms with Gasteiger partial charge in [0, 0.05) is 30.0 Å². The first-order valence-electron chi connectivity index (χ1n) is 5.66. The topological polar surface area (TPSA) is 72.8 Å². The van der Waals surface area contributed by atoms with Crippen LogP contribution in [-0.2, 0) is 4.79 Å². The molecule has 0 bridgehead atoms. The van der Waals surface area contributed by atoms with Gasteiger partial charge in [-0.05, 0) is 19.1 Å². The number of hydrogen-bond donors (Lipinski definition) is 3. The van der Waals surface area contributed by atoms with E-state index in [1.807, 2.05) is 24.0 Å². The molecule has 1 aliphatic heterocycles. The molecule has 5 nitrogen and oxygen atoms in total. The molecular formula is C12H16N2O3. The summed E-state index contributed by atoms with van der Waals surface area (Å²) in [6.07, 6.45) is -1.06. The Bertz CT molecular complexity index is 434. The highest BCUT2D eigenvalue weighted by Gasteiger charge is 2.28. The Balaban J connectivity index is 2.29. The van der Waals surface area contributed by atoms with Crippen LogP contribution in [0.3, 0.4) is 0 Å². The second-order valence-corrected chi connectivity index (χ2v) is 3.97. The zero-order valence-electron chi connectivity index (χ0n) is 9.68. The predicted octanol–water partition coefficient (Wildman–Crippen LogP) is 0.491. The van der Waals surface area contributed by atoms with Crippen LogP contribution in [0.2, 0.25) is 0 Å². The largest absolute Gasteiger partial charge is 0.395 e. The van der Waals surface area contributed by atoms with Crippen LogP contribution in [0.4, 0.5) is 11.4 Å². The van der Waals surface area contributed by atoms with Crippen molar-refractivity contribution in [3.05, 3.63) is 23.8 Å². The Kier molecular flexibility index (Phi) is 3.31. The highest BCUT2D eigenvalue weighted by molar-refractivity contribution is 6.02. The summed E-state index contributed by atoms with van der Waals surface area (Å²) in [5, 5.41) is 21.2. The van der Waals surface area contributed by atoms with Crippen molar-refractivity contribution in [2.45, 2.75) is 13.0 Å². The number of carbonyl (C=O) groups is 1. The minimum absolute atomic E-state index is 0.0832. The zero-order chi connectivity index (χ0) is 12.4. The molecule has 2 rings (SSSR count). The van der Waals surface area contributed by atoms with Gasteiger partial charge in [0.25, 0.3) is 5.91 Å². The van der Waals surface area contributed by atoms with Gasteiger partial charge in [-0.25, -0.2) is 0 Å². The number of fused-ring (bicyclic) bond motifs is 1. The molecule has 1 amide bonds. The first-order chi connectivity index (χ1) is 8.17. The van der Waals surface area contributed by atoms with Crippen molar-refractivity contribution in [1.82, 2.24) is 0 Å². The zero-order valence-corrected chi connectivity index (χ0v) is 9.68. The summed E-state index contributed by atoms with van der Waals surface area (Å²) < 4.78 is 0. The van der Waals surface area contributed by atoms with E-state index in [-0.39, 0.29) is 12.5 Å². The van der Waals surface area contributed by atoms with Crippen LogP contribution in [0.5, 0.6) is 0 Å². The van der Waals surface area contributed by atoms with Gasteiger partial charge in [0.1, 0.15) is 0 Å². The maximum absolute atomic E-state index is 11.3. The van der Waals surface area contributed by atoms with Crippen LogP contribution in [-0.4, -0.2) is 35.8 Å². The third-order valence-corrected chi connectivity index (χ3v) is 2.95. The number of nitrogens with one attached hydrogen (secondary N) is 1. The lowest BCUT2D eigenvalue weighted by molar-refractivity contribution is -0.123. The number of rotatable bonds is 4. The van der Waals surface area contributed by atoms with E-state index in [2.05, 4.69) is 5.32 Å². The van der Waals surface area contributed by atoms with Crippen molar-refractivity contribution in [2.24, 2.45) is 0 Å². The highest BCUT2D eigenvalue weighted by atomic mass is 16.3. The van der Waals surface area contributed by atoms with Gasteiger partial charge >= 0.3 is 0 Å². The number of likely N-dealkylation sites (N-methyl/N-ethyl adjacent to an activating group) is 1. The summed E-state index contributed by atoms with van der Waals surface area (Å²) in [4.78, 5) is 13.3. The fraction of sp³-hybridized carbons (Fsp3) is 0.417. The lowest BCUT2D eigenvalue weighted by Crippen LogP contribution is -2.26. The summed E-state index contributed by atoms with van der Waals surface area (Å²) in [6, 6.07) is 5.41. The van der Waals surface area contributed by atoms with Gasteiger partial charge in [-0.15, -0.1) is 0 Å². The van der Waals surface area contributed by atoms with Gasteiger partial charge < -0.3 is 20.4 Å². The fourth-order valence-corrected chi connectivity index (χ4v) is 2.02. The van der Waals surface area contributed by atoms with Crippen LogP contribution in [0.15, 0.2) is 18.2 Å². The van der Waals surface area contributed by atoms with Crippen molar-refractivity contribution in [1.29, 1.82) is 0 Å². The number of benzene rings is 1. The quantitative estimate of drug-likeness (QED) is 0.711. The number of nitrogens with zero attached hydrogens (tertiary/aromatic N) is 1. The van der Waals surface area contributed by atoms with E-state index >= 15 is 0 Å². The smallest absolute Gasteiger partial charge is 0.257 e. The molecular weight excluding hydrogens is 220 g/mol. The average molecular weight is 236 g/mol. The highest BCUT2D eigenvalue weighted by Crippen LogP contribution is 2.33. The van der Waals surface area contributed by atoms with Crippen molar-refractivity contribution in [3.63, 3.8) is 0 Å². The Labute approximate surface area is 99.7 Å². The Morgan fingerprint density at radius 1 is 1.47 bits per heavy atom. The Morgan fingerprint density at radius 2 is 2.24 bits per heavy atom. The molecule has 3 N–H and O–H groups in total. The van der Waals surface area contributed by atoms with Crippen LogP contribution in [0.1, 0.15) is 18.6 Å². The number of carbonyl (C=O) groups excluding carboxylic acids is 1. The molecule has 0 aliphatic carbocycles. The van der Waals surface area contributed by atoms with Crippen molar-refractivity contribution in [2.75, 3.05) is 29.9 Å². The molecule has 0 saturated carbocycles. The standard InChI is InChI=1S/C12H16N2O3/c1-2-14(5-6-15)8-3-4-9-10(7-8)13-12(17)11(9)16/h3-4,7,11,15-16H,2,5-6H2,1H3,(H,13,17). The molecule has 1 atom stereocenters. The number of amides is 1. The second kappa shape index (κ2) is 4.73. The summed E-state index contributed by atoms with van der Waals surface area (Å²) >= 11 is 0. The van der Waals surface area contributed by atoms with Crippen molar-refractivity contribution < 1.29 is 15.0 Å². The van der Waals surface area contributed by atoms with Crippen LogP contribution in [0.25, 0.3) is 0 Å². The first-order valence-corrected chi connectivity index (χ1v) is 5.66. The third-order valence-electron chi connectivity index (χ3n) is 2.95. The van der Waals surface area contributed by atoms with Crippen molar-refractivity contribution >= 4 is 17.3 Å². The van der Waals surface area contributed by atoms with Gasteiger partial charge in [-0.3, -0.25) is 4.79 Å². The van der Waals surface area contributed by atoms with E-state index in [9.17, 15) is 9.90 Å². The molecule has 1 aromatic carbocycles. The SMILES string of the molecule is CCN(CCO)c1ccc2c(c1)NC(=O)C2O. The van der Waals surface area contributed by atoms with Gasteiger partial charge in [0.15, 0.2) is 6.10 Å². The van der Waals surface area contributed by atoms with E-state index in [4.69, 9.17) is 5.11 Å². The molecule has 0 saturated heterocycles. The number of aliphatic hydroxyl groups excluding tert-OH is 2. The minimum Gasteiger partial charge on any atom is -0.395 e. The van der Waals surface area contributed by atoms with Crippen LogP contribution < -0.4 is 10.2 Å². The van der Waals surface area contributed by atoms with Gasteiger partial charge in [-0.2, -0.15) is 0 Å². The van der Waals surface area contributed by atoms with E-state index in [0.29, 0.717) is 17.8 Å². The van der Waals surface area contributed by atoms with Gasteiger partial charge in [0.05, 0.1) is 6.61 Å². The summed E-state index contributed by atoms with van der Waals surface area (Å²) in [5.41, 5.74) is 2.19. The number of aliphatic hydroxyl groups is 2. The fourth-order valence-electron chi connectivity index (χ4n) is 2.02. The van der Waals surface area contributed by atoms with Crippen LogP contribution in [0, 0.1) is 0 Å². The lowest BCUT2D eigenvalue weighted by atomic mass is 10.1. The number of anilines is 2. The van der Waals surface area contributed by atoms with Crippen LogP contribution >= 0.6 is 0 Å². The Hall–Kier alpha value is -1.59. The Morgan fingerprint density at radius 3 is 2.88 bits per heavy atom. The van der Waals surface area contributed by atoms with E-state index in [1.165, 1.54) is 0 Å². The number of hydrogen-bond acceptors (Lipinski definition) is 4. The van der Waals surface area contributed by atoms with Crippen molar-refractivity contribution in [3.8, 4) is 0 Å². The third kappa shape index (κ3) is 2.11. The second-order valence-electron chi connectivity index (χ2n) is 3.97. The molecule has 0 fully saturated rings. The van der Waals surface area contributed by atoms with E-state index < -0.39 is 6.10 Å². The molecule has 1 heterocycles. The van der Waals surface area contributed by atoms with Gasteiger partial charge in [0.2, 0.25) is 0 Å². The molecule has 1 aromatic rings. The van der Waals surface area contributed by atoms with E-state index in [1.54, 1.807) is 6.07 Å². The monoisotopic (exact) mass is 236 g/mol. The molecule has 5 heteroatoms. The average Bonchev–Trinajstić information content (AvgIpc) is 2.61. The molecule has 0 spiro atoms. The summed E-state index contributed by atoms with van der Waals surface area (Å²) in [7, 11) is 0. The minimum atomic E-state index is -1.06. The molecule has 17 heavy (non-hydrogen) atoms. The predicted molar refractivity (Wildman–Crippen MR) is 65.0 cm³/mol. The lowest BCUT2D eigenvalue weighted by Gasteiger charge is -2.22. The normalized spacial score (nSPS) is 17.8. The van der Waals surface area contributed by atoms with E-state index in [0.717, 1.165) is 12.2 Å². The summed E-state index contributed by atoms with van der Waals surface area (Å²) in [5.74, 6) is -0.387. The summed E-state index contributed by atoms with van der Waals surface area (Å²) in [6.45, 7) is 3.40. The molecule has 92 valence electrons. The molecule has 1 aliphatic rings. The maximum atomic E-state index is 11.3. The first kappa shape index (κ1) is 11.9.